The first-order chi connectivity index (χ1) is 7.61. The van der Waals surface area contributed by atoms with Gasteiger partial charge in [-0.3, -0.25) is 4.79 Å². The maximum atomic E-state index is 11.7. The third kappa shape index (κ3) is 2.26. The highest BCUT2D eigenvalue weighted by atomic mass is 127. The van der Waals surface area contributed by atoms with Gasteiger partial charge < -0.3 is 14.8 Å². The first-order valence-electron chi connectivity index (χ1n) is 5.39. The Balaban J connectivity index is 2.09. The van der Waals surface area contributed by atoms with Crippen LogP contribution >= 0.6 is 22.6 Å². The largest absolute Gasteiger partial charge is 0.466 e. The van der Waals surface area contributed by atoms with Crippen molar-refractivity contribution >= 4 is 34.7 Å². The number of halogens is 1. The summed E-state index contributed by atoms with van der Waals surface area (Å²) in [5, 5.41) is 2.69. The summed E-state index contributed by atoms with van der Waals surface area (Å²) < 4.78 is 10.4. The molecular weight excluding hydrogens is 325 g/mol. The average Bonchev–Trinajstić information content (AvgIpc) is 2.23. The van der Waals surface area contributed by atoms with Gasteiger partial charge in [-0.1, -0.05) is 22.6 Å². The Morgan fingerprint density at radius 2 is 2.38 bits per heavy atom. The summed E-state index contributed by atoms with van der Waals surface area (Å²) >= 11 is 2.24. The van der Waals surface area contributed by atoms with Gasteiger partial charge >= 0.3 is 12.1 Å². The fraction of sp³-hybridized carbons (Fsp3) is 0.800. The molecule has 1 amide bonds. The molecule has 16 heavy (non-hydrogen) atoms. The fourth-order valence-electron chi connectivity index (χ4n) is 2.23. The molecule has 2 rings (SSSR count). The molecule has 1 heterocycles. The average molecular weight is 339 g/mol. The lowest BCUT2D eigenvalue weighted by Gasteiger charge is -2.41. The Kier molecular flexibility index (Phi) is 3.56. The van der Waals surface area contributed by atoms with Crippen molar-refractivity contribution in [3.05, 3.63) is 0 Å². The molecule has 4 atom stereocenters. The first-order valence-corrected chi connectivity index (χ1v) is 6.64. The topological polar surface area (TPSA) is 64.6 Å². The molecule has 6 heteroatoms. The van der Waals surface area contributed by atoms with E-state index in [2.05, 4.69) is 27.9 Å². The summed E-state index contributed by atoms with van der Waals surface area (Å²) in [6, 6.07) is -0.128. The summed E-state index contributed by atoms with van der Waals surface area (Å²) in [5.41, 5.74) is 0. The molecule has 2 aliphatic rings. The van der Waals surface area contributed by atoms with Crippen LogP contribution in [0.3, 0.4) is 0 Å². The van der Waals surface area contributed by atoms with Crippen LogP contribution in [-0.2, 0) is 14.3 Å². The van der Waals surface area contributed by atoms with E-state index in [0.717, 1.165) is 0 Å². The number of carbonyl (C=O) groups excluding carboxylic acids is 2. The predicted octanol–water partition coefficient (Wildman–Crippen LogP) is 1.24. The monoisotopic (exact) mass is 339 g/mol. The van der Waals surface area contributed by atoms with Crippen molar-refractivity contribution in [3.8, 4) is 0 Å². The minimum absolute atomic E-state index is 0.0648. The summed E-state index contributed by atoms with van der Waals surface area (Å²) in [4.78, 5) is 23.0. The Bertz CT molecular complexity index is 309. The van der Waals surface area contributed by atoms with Crippen molar-refractivity contribution in [1.82, 2.24) is 5.32 Å². The number of nitrogens with one attached hydrogen (secondary N) is 1. The molecule has 0 radical (unpaired) electrons. The molecule has 0 aromatic carbocycles. The molecule has 2 bridgehead atoms. The second kappa shape index (κ2) is 4.77. The maximum Gasteiger partial charge on any atom is 0.407 e. The second-order valence-corrected chi connectivity index (χ2v) is 5.64. The lowest BCUT2D eigenvalue weighted by molar-refractivity contribution is -0.151. The molecule has 0 spiro atoms. The van der Waals surface area contributed by atoms with E-state index in [0.29, 0.717) is 19.4 Å². The number of ether oxygens (including phenoxy) is 2. The van der Waals surface area contributed by atoms with Gasteiger partial charge in [0.25, 0.3) is 0 Å². The van der Waals surface area contributed by atoms with Crippen molar-refractivity contribution in [2.24, 2.45) is 5.92 Å². The molecule has 1 aliphatic carbocycles. The number of alkyl halides is 1. The van der Waals surface area contributed by atoms with Crippen molar-refractivity contribution in [2.45, 2.75) is 35.8 Å². The Morgan fingerprint density at radius 3 is 3.06 bits per heavy atom. The number of hydrogen-bond donors (Lipinski definition) is 1. The maximum absolute atomic E-state index is 11.7. The normalized spacial score (nSPS) is 37.2. The molecule has 2 fully saturated rings. The Morgan fingerprint density at radius 1 is 1.62 bits per heavy atom. The lowest BCUT2D eigenvalue weighted by atomic mass is 9.82. The van der Waals surface area contributed by atoms with Crippen molar-refractivity contribution in [1.29, 1.82) is 0 Å². The van der Waals surface area contributed by atoms with Gasteiger partial charge in [0, 0.05) is 16.4 Å². The number of amides is 1. The highest BCUT2D eigenvalue weighted by Gasteiger charge is 2.45. The zero-order valence-corrected chi connectivity index (χ0v) is 11.1. The van der Waals surface area contributed by atoms with Crippen molar-refractivity contribution < 1.29 is 19.1 Å². The number of esters is 1. The van der Waals surface area contributed by atoms with E-state index < -0.39 is 6.09 Å². The molecule has 90 valence electrons. The van der Waals surface area contributed by atoms with Crippen LogP contribution in [0, 0.1) is 5.92 Å². The van der Waals surface area contributed by atoms with Crippen LogP contribution in [0.4, 0.5) is 4.79 Å². The van der Waals surface area contributed by atoms with Crippen LogP contribution in [0.1, 0.15) is 19.8 Å². The van der Waals surface area contributed by atoms with Gasteiger partial charge in [0.1, 0.15) is 6.10 Å². The van der Waals surface area contributed by atoms with Gasteiger partial charge in [-0.15, -0.1) is 0 Å². The smallest absolute Gasteiger partial charge is 0.407 e. The number of rotatable bonds is 2. The van der Waals surface area contributed by atoms with Crippen LogP contribution in [0.5, 0.6) is 0 Å². The summed E-state index contributed by atoms with van der Waals surface area (Å²) in [6.45, 7) is 2.16. The third-order valence-electron chi connectivity index (χ3n) is 3.01. The summed E-state index contributed by atoms with van der Waals surface area (Å²) in [6.07, 6.45) is 0.916. The van der Waals surface area contributed by atoms with Gasteiger partial charge in [0.05, 0.1) is 12.5 Å². The van der Waals surface area contributed by atoms with E-state index >= 15 is 0 Å². The van der Waals surface area contributed by atoms with Gasteiger partial charge in [0.15, 0.2) is 0 Å². The fourth-order valence-corrected chi connectivity index (χ4v) is 3.22. The van der Waals surface area contributed by atoms with E-state index in [-0.39, 0.29) is 28.0 Å². The zero-order chi connectivity index (χ0) is 11.7. The third-order valence-corrected chi connectivity index (χ3v) is 4.32. The standard InChI is InChI=1S/C10H14INO4/c1-2-15-9(13)5-3-6(11)8-4-7(5)12-10(14)16-8/h5-8H,2-4H2,1H3,(H,12,14)/t5-,6+,7+,8-/m1/s1. The molecule has 0 aromatic rings. The van der Waals surface area contributed by atoms with Crippen LogP contribution in [0.15, 0.2) is 0 Å². The highest BCUT2D eigenvalue weighted by molar-refractivity contribution is 14.1. The SMILES string of the molecule is CCOC(=O)[C@@H]1C[C@H](I)[C@H]2C[C@@H]1NC(=O)O2. The van der Waals surface area contributed by atoms with Gasteiger partial charge in [-0.2, -0.15) is 0 Å². The summed E-state index contributed by atoms with van der Waals surface area (Å²) in [5.74, 6) is -0.444. The van der Waals surface area contributed by atoms with Crippen LogP contribution in [-0.4, -0.2) is 34.7 Å². The minimum Gasteiger partial charge on any atom is -0.466 e. The van der Waals surface area contributed by atoms with E-state index in [9.17, 15) is 9.59 Å². The minimum atomic E-state index is -0.420. The van der Waals surface area contributed by atoms with Crippen LogP contribution in [0.25, 0.3) is 0 Å². The van der Waals surface area contributed by atoms with E-state index in [1.54, 1.807) is 6.92 Å². The number of carbonyl (C=O) groups is 2. The lowest BCUT2D eigenvalue weighted by Crippen LogP contribution is -2.57. The quantitative estimate of drug-likeness (QED) is 0.467. The molecule has 0 aromatic heterocycles. The first kappa shape index (κ1) is 11.9. The van der Waals surface area contributed by atoms with E-state index in [4.69, 9.17) is 9.47 Å². The van der Waals surface area contributed by atoms with Crippen LogP contribution in [0.2, 0.25) is 0 Å². The Labute approximate surface area is 107 Å². The van der Waals surface area contributed by atoms with Crippen LogP contribution < -0.4 is 5.32 Å². The van der Waals surface area contributed by atoms with Crippen molar-refractivity contribution in [2.75, 3.05) is 6.61 Å². The second-order valence-electron chi connectivity index (χ2n) is 4.04. The Hall–Kier alpha value is -0.530. The molecule has 1 saturated carbocycles. The van der Waals surface area contributed by atoms with Gasteiger partial charge in [-0.05, 0) is 13.3 Å². The predicted molar refractivity (Wildman–Crippen MR) is 64.4 cm³/mol. The van der Waals surface area contributed by atoms with Crippen molar-refractivity contribution in [3.63, 3.8) is 0 Å². The molecule has 1 N–H and O–H groups in total. The number of alkyl carbamates (subject to hydrolysis) is 1. The van der Waals surface area contributed by atoms with Gasteiger partial charge in [-0.25, -0.2) is 4.79 Å². The molecule has 0 unspecified atom stereocenters. The van der Waals surface area contributed by atoms with E-state index in [1.165, 1.54) is 0 Å². The molecule has 1 saturated heterocycles. The molecule has 1 aliphatic heterocycles. The zero-order valence-electron chi connectivity index (χ0n) is 8.94. The molecule has 5 nitrogen and oxygen atoms in total. The summed E-state index contributed by atoms with van der Waals surface area (Å²) in [7, 11) is 0. The number of hydrogen-bond acceptors (Lipinski definition) is 4. The number of fused-ring (bicyclic) bond motifs is 2. The van der Waals surface area contributed by atoms with E-state index in [1.807, 2.05) is 0 Å². The molecular formula is C10H14INO4. The highest BCUT2D eigenvalue weighted by Crippen LogP contribution is 2.35. The van der Waals surface area contributed by atoms with Gasteiger partial charge in [0.2, 0.25) is 0 Å².